The second-order valence-electron chi connectivity index (χ2n) is 7.15. The van der Waals surface area contributed by atoms with E-state index < -0.39 is 0 Å². The van der Waals surface area contributed by atoms with Gasteiger partial charge in [0.05, 0.1) is 6.10 Å². The summed E-state index contributed by atoms with van der Waals surface area (Å²) in [4.78, 5) is 0. The van der Waals surface area contributed by atoms with Crippen molar-refractivity contribution in [1.82, 2.24) is 5.32 Å². The number of nitrogens with one attached hydrogen (secondary N) is 1. The number of hydrogen-bond donors (Lipinski definition) is 1. The van der Waals surface area contributed by atoms with Crippen molar-refractivity contribution in [3.63, 3.8) is 0 Å². The summed E-state index contributed by atoms with van der Waals surface area (Å²) in [5.74, 6) is 2.56. The number of rotatable bonds is 6. The van der Waals surface area contributed by atoms with E-state index in [2.05, 4.69) is 51.2 Å². The molecule has 1 saturated carbocycles. The highest BCUT2D eigenvalue weighted by Crippen LogP contribution is 2.29. The van der Waals surface area contributed by atoms with E-state index in [1.807, 2.05) is 0 Å². The van der Waals surface area contributed by atoms with Gasteiger partial charge in [-0.15, -0.1) is 0 Å². The van der Waals surface area contributed by atoms with Crippen molar-refractivity contribution in [3.05, 3.63) is 29.3 Å². The third kappa shape index (κ3) is 5.35. The van der Waals surface area contributed by atoms with Crippen LogP contribution < -0.4 is 10.1 Å². The van der Waals surface area contributed by atoms with Crippen molar-refractivity contribution in [2.24, 2.45) is 11.8 Å². The van der Waals surface area contributed by atoms with Crippen molar-refractivity contribution >= 4 is 0 Å². The molecule has 1 aromatic carbocycles. The van der Waals surface area contributed by atoms with Gasteiger partial charge in [-0.25, -0.2) is 0 Å². The topological polar surface area (TPSA) is 21.3 Å². The van der Waals surface area contributed by atoms with E-state index in [0.29, 0.717) is 12.0 Å². The van der Waals surface area contributed by atoms with Crippen LogP contribution in [0.4, 0.5) is 0 Å². The quantitative estimate of drug-likeness (QED) is 0.819. The van der Waals surface area contributed by atoms with E-state index >= 15 is 0 Å². The van der Waals surface area contributed by atoms with Crippen molar-refractivity contribution in [1.29, 1.82) is 0 Å². The minimum Gasteiger partial charge on any atom is -0.490 e. The molecule has 2 unspecified atom stereocenters. The monoisotopic (exact) mass is 289 g/mol. The van der Waals surface area contributed by atoms with Crippen LogP contribution in [0.2, 0.25) is 0 Å². The maximum Gasteiger partial charge on any atom is 0.124 e. The Morgan fingerprint density at radius 1 is 1.29 bits per heavy atom. The molecule has 2 atom stereocenters. The highest BCUT2D eigenvalue weighted by atomic mass is 16.5. The highest BCUT2D eigenvalue weighted by molar-refractivity contribution is 5.37. The summed E-state index contributed by atoms with van der Waals surface area (Å²) in [6.45, 7) is 10.9. The molecule has 1 aromatic rings. The van der Waals surface area contributed by atoms with Gasteiger partial charge in [-0.3, -0.25) is 0 Å². The average Bonchev–Trinajstić information content (AvgIpc) is 2.41. The third-order valence-corrected chi connectivity index (χ3v) is 4.27. The molecular weight excluding hydrogens is 258 g/mol. The summed E-state index contributed by atoms with van der Waals surface area (Å²) in [7, 11) is 0. The third-order valence-electron chi connectivity index (χ3n) is 4.27. The maximum atomic E-state index is 6.33. The molecule has 0 amide bonds. The van der Waals surface area contributed by atoms with Crippen molar-refractivity contribution in [3.8, 4) is 5.75 Å². The van der Waals surface area contributed by atoms with E-state index in [9.17, 15) is 0 Å². The Kier molecular flexibility index (Phi) is 6.10. The van der Waals surface area contributed by atoms with Crippen LogP contribution >= 0.6 is 0 Å². The van der Waals surface area contributed by atoms with Crippen LogP contribution in [0, 0.1) is 18.8 Å². The van der Waals surface area contributed by atoms with Crippen LogP contribution in [0.3, 0.4) is 0 Å². The van der Waals surface area contributed by atoms with E-state index in [4.69, 9.17) is 4.74 Å². The van der Waals surface area contributed by atoms with Crippen LogP contribution in [0.25, 0.3) is 0 Å². The first-order valence-corrected chi connectivity index (χ1v) is 8.51. The second kappa shape index (κ2) is 7.84. The Bertz CT molecular complexity index is 441. The number of hydrogen-bond acceptors (Lipinski definition) is 2. The molecular formula is C19H31NO. The molecule has 2 nitrogen and oxygen atoms in total. The lowest BCUT2D eigenvalue weighted by molar-refractivity contribution is 0.128. The summed E-state index contributed by atoms with van der Waals surface area (Å²) in [5, 5.41) is 3.53. The van der Waals surface area contributed by atoms with E-state index in [1.165, 1.54) is 36.8 Å². The molecule has 2 rings (SSSR count). The largest absolute Gasteiger partial charge is 0.490 e. The van der Waals surface area contributed by atoms with Gasteiger partial charge in [-0.05, 0) is 50.6 Å². The molecule has 0 saturated heterocycles. The minimum absolute atomic E-state index is 0.403. The first-order chi connectivity index (χ1) is 10.0. The molecule has 21 heavy (non-hydrogen) atoms. The molecule has 2 heteroatoms. The van der Waals surface area contributed by atoms with Crippen molar-refractivity contribution in [2.45, 2.75) is 66.0 Å². The van der Waals surface area contributed by atoms with Gasteiger partial charge < -0.3 is 10.1 Å². The maximum absolute atomic E-state index is 6.33. The Balaban J connectivity index is 2.00. The normalized spacial score (nSPS) is 22.5. The first-order valence-electron chi connectivity index (χ1n) is 8.51. The van der Waals surface area contributed by atoms with Gasteiger partial charge in [0, 0.05) is 12.1 Å². The lowest BCUT2D eigenvalue weighted by Crippen LogP contribution is -2.25. The average molecular weight is 289 g/mol. The number of benzene rings is 1. The van der Waals surface area contributed by atoms with Crippen LogP contribution in [0.15, 0.2) is 18.2 Å². The zero-order valence-corrected chi connectivity index (χ0v) is 14.1. The summed E-state index contributed by atoms with van der Waals surface area (Å²) in [6.07, 6.45) is 5.47. The fourth-order valence-electron chi connectivity index (χ4n) is 3.12. The Labute approximate surface area is 130 Å². The summed E-state index contributed by atoms with van der Waals surface area (Å²) < 4.78 is 6.33. The van der Waals surface area contributed by atoms with Crippen LogP contribution in [-0.2, 0) is 6.54 Å². The predicted octanol–water partition coefficient (Wildman–Crippen LogP) is 4.70. The molecule has 1 aliphatic rings. The fraction of sp³-hybridized carbons (Fsp3) is 0.684. The van der Waals surface area contributed by atoms with E-state index in [1.54, 1.807) is 0 Å². The minimum atomic E-state index is 0.403. The molecule has 0 bridgehead atoms. The molecule has 0 spiro atoms. The number of ether oxygens (including phenoxy) is 1. The molecule has 0 aromatic heterocycles. The smallest absolute Gasteiger partial charge is 0.124 e. The lowest BCUT2D eigenvalue weighted by atomic mass is 9.88. The van der Waals surface area contributed by atoms with Crippen LogP contribution in [0.1, 0.15) is 57.6 Å². The zero-order valence-electron chi connectivity index (χ0n) is 14.1. The molecule has 118 valence electrons. The molecule has 1 N–H and O–H groups in total. The summed E-state index contributed by atoms with van der Waals surface area (Å²) >= 11 is 0. The predicted molar refractivity (Wildman–Crippen MR) is 89.8 cm³/mol. The van der Waals surface area contributed by atoms with Gasteiger partial charge in [-0.2, -0.15) is 0 Å². The van der Waals surface area contributed by atoms with Crippen LogP contribution in [0.5, 0.6) is 5.75 Å². The number of aryl methyl sites for hydroxylation is 1. The highest BCUT2D eigenvalue weighted by Gasteiger charge is 2.21. The molecule has 0 radical (unpaired) electrons. The Morgan fingerprint density at radius 3 is 2.81 bits per heavy atom. The van der Waals surface area contributed by atoms with E-state index in [-0.39, 0.29) is 0 Å². The van der Waals surface area contributed by atoms with Gasteiger partial charge in [-0.1, -0.05) is 44.9 Å². The van der Waals surface area contributed by atoms with Gasteiger partial charge in [0.25, 0.3) is 0 Å². The summed E-state index contributed by atoms with van der Waals surface area (Å²) in [5.41, 5.74) is 2.61. The Morgan fingerprint density at radius 2 is 2.10 bits per heavy atom. The van der Waals surface area contributed by atoms with Crippen molar-refractivity contribution in [2.75, 3.05) is 6.54 Å². The van der Waals surface area contributed by atoms with Crippen LogP contribution in [-0.4, -0.2) is 12.6 Å². The molecule has 1 aliphatic carbocycles. The molecule has 0 aliphatic heterocycles. The zero-order chi connectivity index (χ0) is 15.2. The fourth-order valence-corrected chi connectivity index (χ4v) is 3.12. The first kappa shape index (κ1) is 16.4. The molecule has 1 fully saturated rings. The van der Waals surface area contributed by atoms with Gasteiger partial charge in [0.15, 0.2) is 0 Å². The van der Waals surface area contributed by atoms with E-state index in [0.717, 1.165) is 24.8 Å². The van der Waals surface area contributed by atoms with Gasteiger partial charge in [0.2, 0.25) is 0 Å². The van der Waals surface area contributed by atoms with Gasteiger partial charge in [0.1, 0.15) is 5.75 Å². The standard InChI is InChI=1S/C19H31NO/c1-14(2)12-20-13-17-10-16(4)8-9-19(17)21-18-7-5-6-15(3)11-18/h8-10,14-15,18,20H,5-7,11-13H2,1-4H3. The van der Waals surface area contributed by atoms with Crippen molar-refractivity contribution < 1.29 is 4.74 Å². The summed E-state index contributed by atoms with van der Waals surface area (Å²) in [6, 6.07) is 6.57. The SMILES string of the molecule is Cc1ccc(OC2CCCC(C)C2)c(CNCC(C)C)c1. The second-order valence-corrected chi connectivity index (χ2v) is 7.15. The van der Waals surface area contributed by atoms with Gasteiger partial charge >= 0.3 is 0 Å². The molecule has 0 heterocycles. The Hall–Kier alpha value is -1.02. The lowest BCUT2D eigenvalue weighted by Gasteiger charge is -2.28.